The molecule has 98 valence electrons. The molecule has 0 unspecified atom stereocenters. The fraction of sp³-hybridized carbons (Fsp3) is 0.0833. The molecule has 7 heteroatoms. The van der Waals surface area contributed by atoms with Gasteiger partial charge in [-0.05, 0) is 17.7 Å². The van der Waals surface area contributed by atoms with Crippen LogP contribution in [0.25, 0.3) is 0 Å². The lowest BCUT2D eigenvalue weighted by atomic mass is 10.2. The molecule has 0 saturated heterocycles. The highest BCUT2D eigenvalue weighted by atomic mass is 35.5. The van der Waals surface area contributed by atoms with Crippen LogP contribution >= 0.6 is 23.2 Å². The van der Waals surface area contributed by atoms with Crippen LogP contribution in [0.1, 0.15) is 16.1 Å². The number of halogens is 2. The number of hydrogen-bond donors (Lipinski definition) is 2. The summed E-state index contributed by atoms with van der Waals surface area (Å²) in [7, 11) is 0. The predicted molar refractivity (Wildman–Crippen MR) is 72.5 cm³/mol. The molecular weight excluding hydrogens is 289 g/mol. The van der Waals surface area contributed by atoms with Gasteiger partial charge in [-0.25, -0.2) is 4.98 Å². The quantitative estimate of drug-likeness (QED) is 0.910. The minimum atomic E-state index is -0.447. The van der Waals surface area contributed by atoms with Gasteiger partial charge in [-0.2, -0.15) is 0 Å². The summed E-state index contributed by atoms with van der Waals surface area (Å²) in [5.74, 6) is -0.447. The maximum Gasteiger partial charge on any atom is 0.270 e. The van der Waals surface area contributed by atoms with E-state index in [-0.39, 0.29) is 17.8 Å². The van der Waals surface area contributed by atoms with Gasteiger partial charge in [0.15, 0.2) is 0 Å². The molecule has 0 saturated carbocycles. The SMILES string of the molecule is O=C(NCc1ccc(Cl)cc1Cl)c1cc(=O)[nH]cn1. The van der Waals surface area contributed by atoms with Gasteiger partial charge in [-0.15, -0.1) is 0 Å². The highest BCUT2D eigenvalue weighted by Gasteiger charge is 2.08. The second-order valence-corrected chi connectivity index (χ2v) is 4.56. The number of rotatable bonds is 3. The van der Waals surface area contributed by atoms with E-state index in [1.54, 1.807) is 18.2 Å². The lowest BCUT2D eigenvalue weighted by Crippen LogP contribution is -2.25. The van der Waals surface area contributed by atoms with Crippen LogP contribution < -0.4 is 10.9 Å². The number of hydrogen-bond acceptors (Lipinski definition) is 3. The summed E-state index contributed by atoms with van der Waals surface area (Å²) < 4.78 is 0. The van der Waals surface area contributed by atoms with Crippen molar-refractivity contribution in [1.82, 2.24) is 15.3 Å². The molecular formula is C12H9Cl2N3O2. The van der Waals surface area contributed by atoms with Crippen molar-refractivity contribution in [2.75, 3.05) is 0 Å². The van der Waals surface area contributed by atoms with E-state index in [1.807, 2.05) is 0 Å². The topological polar surface area (TPSA) is 74.8 Å². The lowest BCUT2D eigenvalue weighted by molar-refractivity contribution is 0.0945. The summed E-state index contributed by atoms with van der Waals surface area (Å²) in [6.45, 7) is 0.226. The van der Waals surface area contributed by atoms with Gasteiger partial charge in [-0.3, -0.25) is 9.59 Å². The molecule has 0 aliphatic heterocycles. The average molecular weight is 298 g/mol. The number of benzene rings is 1. The Morgan fingerprint density at radius 2 is 2.11 bits per heavy atom. The Labute approximate surface area is 118 Å². The largest absolute Gasteiger partial charge is 0.347 e. The number of carbonyl (C=O) groups excluding carboxylic acids is 1. The minimum Gasteiger partial charge on any atom is -0.347 e. The molecule has 0 aliphatic carbocycles. The fourth-order valence-corrected chi connectivity index (χ4v) is 1.90. The first-order chi connectivity index (χ1) is 9.06. The zero-order chi connectivity index (χ0) is 13.8. The van der Waals surface area contributed by atoms with E-state index >= 15 is 0 Å². The number of aromatic amines is 1. The van der Waals surface area contributed by atoms with Gasteiger partial charge in [0, 0.05) is 22.7 Å². The molecule has 1 heterocycles. The first kappa shape index (κ1) is 13.6. The maximum atomic E-state index is 11.8. The van der Waals surface area contributed by atoms with Gasteiger partial charge in [0.1, 0.15) is 5.69 Å². The van der Waals surface area contributed by atoms with Crippen LogP contribution in [0, 0.1) is 0 Å². The first-order valence-corrected chi connectivity index (χ1v) is 6.09. The lowest BCUT2D eigenvalue weighted by Gasteiger charge is -2.06. The van der Waals surface area contributed by atoms with Crippen molar-refractivity contribution in [2.45, 2.75) is 6.54 Å². The van der Waals surface area contributed by atoms with E-state index in [1.165, 1.54) is 6.33 Å². The van der Waals surface area contributed by atoms with Crippen LogP contribution in [-0.2, 0) is 6.54 Å². The Bertz CT molecular complexity index is 670. The molecule has 2 rings (SSSR count). The monoisotopic (exact) mass is 297 g/mol. The Morgan fingerprint density at radius 1 is 1.32 bits per heavy atom. The number of nitrogens with zero attached hydrogens (tertiary/aromatic N) is 1. The standard InChI is InChI=1S/C12H9Cl2N3O2/c13-8-2-1-7(9(14)3-8)5-15-12(19)10-4-11(18)17-6-16-10/h1-4,6H,5H2,(H,15,19)(H,16,17,18). The van der Waals surface area contributed by atoms with Gasteiger partial charge in [0.05, 0.1) is 6.33 Å². The van der Waals surface area contributed by atoms with Crippen LogP contribution in [-0.4, -0.2) is 15.9 Å². The molecule has 0 bridgehead atoms. The molecule has 1 aromatic carbocycles. The van der Waals surface area contributed by atoms with Crippen LogP contribution in [0.5, 0.6) is 0 Å². The zero-order valence-electron chi connectivity index (χ0n) is 9.61. The zero-order valence-corrected chi connectivity index (χ0v) is 11.1. The molecule has 2 aromatic rings. The third-order valence-electron chi connectivity index (χ3n) is 2.37. The van der Waals surface area contributed by atoms with E-state index < -0.39 is 5.91 Å². The smallest absolute Gasteiger partial charge is 0.270 e. The molecule has 0 fully saturated rings. The predicted octanol–water partition coefficient (Wildman–Crippen LogP) is 2.01. The molecule has 1 aromatic heterocycles. The molecule has 5 nitrogen and oxygen atoms in total. The van der Waals surface area contributed by atoms with Crippen LogP contribution in [0.2, 0.25) is 10.0 Å². The van der Waals surface area contributed by atoms with Crippen LogP contribution in [0.4, 0.5) is 0 Å². The molecule has 19 heavy (non-hydrogen) atoms. The second kappa shape index (κ2) is 5.86. The number of amides is 1. The van der Waals surface area contributed by atoms with Crippen molar-refractivity contribution in [3.05, 3.63) is 62.2 Å². The Morgan fingerprint density at radius 3 is 2.79 bits per heavy atom. The summed E-state index contributed by atoms with van der Waals surface area (Å²) >= 11 is 11.8. The van der Waals surface area contributed by atoms with E-state index in [9.17, 15) is 9.59 Å². The van der Waals surface area contributed by atoms with Crippen LogP contribution in [0.3, 0.4) is 0 Å². The van der Waals surface area contributed by atoms with E-state index in [0.29, 0.717) is 10.0 Å². The Balaban J connectivity index is 2.06. The number of nitrogens with one attached hydrogen (secondary N) is 2. The van der Waals surface area contributed by atoms with Crippen molar-refractivity contribution in [1.29, 1.82) is 0 Å². The summed E-state index contributed by atoms with van der Waals surface area (Å²) in [4.78, 5) is 28.9. The van der Waals surface area contributed by atoms with Gasteiger partial charge in [0.25, 0.3) is 11.5 Å². The van der Waals surface area contributed by atoms with Gasteiger partial charge in [-0.1, -0.05) is 29.3 Å². The summed E-state index contributed by atoms with van der Waals surface area (Å²) in [5, 5.41) is 3.61. The molecule has 0 radical (unpaired) electrons. The minimum absolute atomic E-state index is 0.0498. The van der Waals surface area contributed by atoms with Gasteiger partial charge >= 0.3 is 0 Å². The number of H-pyrrole nitrogens is 1. The summed E-state index contributed by atoms with van der Waals surface area (Å²) in [6.07, 6.45) is 1.17. The first-order valence-electron chi connectivity index (χ1n) is 5.33. The second-order valence-electron chi connectivity index (χ2n) is 3.71. The highest BCUT2D eigenvalue weighted by Crippen LogP contribution is 2.20. The Kier molecular flexibility index (Phi) is 4.19. The molecule has 0 atom stereocenters. The Hall–Kier alpha value is -1.85. The van der Waals surface area contributed by atoms with Gasteiger partial charge in [0.2, 0.25) is 0 Å². The van der Waals surface area contributed by atoms with Crippen molar-refractivity contribution in [3.8, 4) is 0 Å². The van der Waals surface area contributed by atoms with Gasteiger partial charge < -0.3 is 10.3 Å². The third-order valence-corrected chi connectivity index (χ3v) is 2.95. The van der Waals surface area contributed by atoms with E-state index in [0.717, 1.165) is 11.6 Å². The third kappa shape index (κ3) is 3.56. The van der Waals surface area contributed by atoms with Crippen LogP contribution in [0.15, 0.2) is 35.4 Å². The van der Waals surface area contributed by atoms with E-state index in [2.05, 4.69) is 15.3 Å². The molecule has 0 spiro atoms. The van der Waals surface area contributed by atoms with E-state index in [4.69, 9.17) is 23.2 Å². The molecule has 2 N–H and O–H groups in total. The van der Waals surface area contributed by atoms with Crippen molar-refractivity contribution in [3.63, 3.8) is 0 Å². The average Bonchev–Trinajstić information content (AvgIpc) is 2.37. The normalized spacial score (nSPS) is 10.2. The van der Waals surface area contributed by atoms with Crippen molar-refractivity contribution < 1.29 is 4.79 Å². The molecule has 0 aliphatic rings. The summed E-state index contributed by atoms with van der Waals surface area (Å²) in [6, 6.07) is 6.12. The number of carbonyl (C=O) groups is 1. The number of aromatic nitrogens is 2. The fourth-order valence-electron chi connectivity index (χ4n) is 1.42. The van der Waals surface area contributed by atoms with Crippen molar-refractivity contribution >= 4 is 29.1 Å². The summed E-state index contributed by atoms with van der Waals surface area (Å²) in [5.41, 5.74) is 0.391. The molecule has 1 amide bonds. The van der Waals surface area contributed by atoms with Crippen molar-refractivity contribution in [2.24, 2.45) is 0 Å². The maximum absolute atomic E-state index is 11.8. The highest BCUT2D eigenvalue weighted by molar-refractivity contribution is 6.35.